The molecule has 0 spiro atoms. The van der Waals surface area contributed by atoms with Crippen LogP contribution in [-0.4, -0.2) is 0 Å². The van der Waals surface area contributed by atoms with E-state index in [-0.39, 0.29) is 5.41 Å². The highest BCUT2D eigenvalue weighted by Crippen LogP contribution is 2.28. The van der Waals surface area contributed by atoms with Gasteiger partial charge >= 0.3 is 0 Å². The highest BCUT2D eigenvalue weighted by Gasteiger charge is 2.24. The Balaban J connectivity index is 3.01. The molecule has 1 nitrogen and oxygen atoms in total. The van der Waals surface area contributed by atoms with Crippen molar-refractivity contribution < 1.29 is 0 Å². The molecule has 0 aliphatic rings. The number of hydrogen-bond acceptors (Lipinski definition) is 1. The summed E-state index contributed by atoms with van der Waals surface area (Å²) < 4.78 is 0. The standard InChI is InChI=1S/C12H14ClN/c1-3-8-12(2,9-14)10-4-6-11(13)7-5-10/h4-7H,3,8H2,1-2H3. The maximum absolute atomic E-state index is 9.16. The van der Waals surface area contributed by atoms with E-state index in [2.05, 4.69) is 13.0 Å². The van der Waals surface area contributed by atoms with Gasteiger partial charge in [-0.1, -0.05) is 37.1 Å². The van der Waals surface area contributed by atoms with Crippen LogP contribution >= 0.6 is 11.6 Å². The molecule has 1 aromatic rings. The van der Waals surface area contributed by atoms with Crippen LogP contribution in [0.3, 0.4) is 0 Å². The predicted octanol–water partition coefficient (Wildman–Crippen LogP) is 3.92. The minimum Gasteiger partial charge on any atom is -0.197 e. The molecule has 0 radical (unpaired) electrons. The maximum Gasteiger partial charge on any atom is 0.0794 e. The van der Waals surface area contributed by atoms with E-state index in [1.165, 1.54) is 0 Å². The van der Waals surface area contributed by atoms with E-state index in [4.69, 9.17) is 16.9 Å². The molecule has 0 saturated carbocycles. The summed E-state index contributed by atoms with van der Waals surface area (Å²) in [5.74, 6) is 0. The molecule has 0 aliphatic heterocycles. The molecular formula is C12H14ClN. The average molecular weight is 208 g/mol. The minimum absolute atomic E-state index is 0.376. The largest absolute Gasteiger partial charge is 0.197 e. The zero-order chi connectivity index (χ0) is 10.6. The van der Waals surface area contributed by atoms with Gasteiger partial charge in [-0.3, -0.25) is 0 Å². The Morgan fingerprint density at radius 2 is 1.93 bits per heavy atom. The Kier molecular flexibility index (Phi) is 3.55. The Hall–Kier alpha value is -1.00. The van der Waals surface area contributed by atoms with Crippen molar-refractivity contribution in [3.8, 4) is 6.07 Å². The van der Waals surface area contributed by atoms with Crippen LogP contribution in [0.15, 0.2) is 24.3 Å². The first-order valence-corrected chi connectivity index (χ1v) is 5.17. The predicted molar refractivity (Wildman–Crippen MR) is 59.3 cm³/mol. The van der Waals surface area contributed by atoms with Gasteiger partial charge in [-0.05, 0) is 31.0 Å². The number of hydrogen-bond donors (Lipinski definition) is 0. The summed E-state index contributed by atoms with van der Waals surface area (Å²) in [6.45, 7) is 4.06. The van der Waals surface area contributed by atoms with Gasteiger partial charge < -0.3 is 0 Å². The number of nitrogens with zero attached hydrogens (tertiary/aromatic N) is 1. The molecule has 0 fully saturated rings. The lowest BCUT2D eigenvalue weighted by Gasteiger charge is -2.21. The first-order valence-electron chi connectivity index (χ1n) is 4.79. The average Bonchev–Trinajstić information content (AvgIpc) is 2.19. The van der Waals surface area contributed by atoms with Gasteiger partial charge in [0.2, 0.25) is 0 Å². The summed E-state index contributed by atoms with van der Waals surface area (Å²) in [5.41, 5.74) is 0.672. The summed E-state index contributed by atoms with van der Waals surface area (Å²) in [5, 5.41) is 9.87. The molecule has 0 aliphatic carbocycles. The zero-order valence-electron chi connectivity index (χ0n) is 8.55. The Bertz CT molecular complexity index is 336. The number of nitriles is 1. The van der Waals surface area contributed by atoms with Crippen molar-refractivity contribution in [1.29, 1.82) is 5.26 Å². The fourth-order valence-corrected chi connectivity index (χ4v) is 1.71. The second-order valence-electron chi connectivity index (χ2n) is 3.70. The van der Waals surface area contributed by atoms with E-state index in [0.29, 0.717) is 5.02 Å². The van der Waals surface area contributed by atoms with Crippen LogP contribution in [0.5, 0.6) is 0 Å². The number of halogens is 1. The monoisotopic (exact) mass is 207 g/mol. The van der Waals surface area contributed by atoms with Crippen molar-refractivity contribution in [3.63, 3.8) is 0 Å². The van der Waals surface area contributed by atoms with Crippen molar-refractivity contribution >= 4 is 11.6 Å². The van der Waals surface area contributed by atoms with Gasteiger partial charge in [0.25, 0.3) is 0 Å². The lowest BCUT2D eigenvalue weighted by Crippen LogP contribution is -2.18. The Morgan fingerprint density at radius 1 is 1.36 bits per heavy atom. The molecule has 0 heterocycles. The van der Waals surface area contributed by atoms with Gasteiger partial charge in [0.05, 0.1) is 11.5 Å². The van der Waals surface area contributed by atoms with Crippen LogP contribution < -0.4 is 0 Å². The third-order valence-corrected chi connectivity index (χ3v) is 2.73. The molecule has 0 amide bonds. The SMILES string of the molecule is CCCC(C)(C#N)c1ccc(Cl)cc1. The molecule has 74 valence electrons. The molecule has 1 atom stereocenters. The third kappa shape index (κ3) is 2.27. The van der Waals surface area contributed by atoms with Crippen molar-refractivity contribution in [2.75, 3.05) is 0 Å². The van der Waals surface area contributed by atoms with E-state index in [0.717, 1.165) is 18.4 Å². The lowest BCUT2D eigenvalue weighted by molar-refractivity contribution is 0.544. The second-order valence-corrected chi connectivity index (χ2v) is 4.14. The van der Waals surface area contributed by atoms with E-state index >= 15 is 0 Å². The summed E-state index contributed by atoms with van der Waals surface area (Å²) in [6.07, 6.45) is 1.89. The molecule has 0 bridgehead atoms. The quantitative estimate of drug-likeness (QED) is 0.737. The Labute approximate surface area is 90.3 Å². The third-order valence-electron chi connectivity index (χ3n) is 2.48. The lowest BCUT2D eigenvalue weighted by atomic mass is 9.80. The fourth-order valence-electron chi connectivity index (χ4n) is 1.58. The molecule has 0 N–H and O–H groups in total. The fraction of sp³-hybridized carbons (Fsp3) is 0.417. The summed E-state index contributed by atoms with van der Waals surface area (Å²) in [7, 11) is 0. The van der Waals surface area contributed by atoms with Gasteiger partial charge in [-0.25, -0.2) is 0 Å². The molecule has 0 saturated heterocycles. The zero-order valence-corrected chi connectivity index (χ0v) is 9.30. The molecule has 0 aromatic heterocycles. The van der Waals surface area contributed by atoms with Gasteiger partial charge in [-0.15, -0.1) is 0 Å². The van der Waals surface area contributed by atoms with Crippen molar-refractivity contribution in [1.82, 2.24) is 0 Å². The smallest absolute Gasteiger partial charge is 0.0794 e. The van der Waals surface area contributed by atoms with E-state index in [9.17, 15) is 0 Å². The summed E-state index contributed by atoms with van der Waals surface area (Å²) in [4.78, 5) is 0. The molecule has 14 heavy (non-hydrogen) atoms. The van der Waals surface area contributed by atoms with Gasteiger partial charge in [-0.2, -0.15) is 5.26 Å². The molecule has 2 heteroatoms. The normalized spacial score (nSPS) is 14.4. The van der Waals surface area contributed by atoms with E-state index < -0.39 is 0 Å². The maximum atomic E-state index is 9.16. The van der Waals surface area contributed by atoms with Gasteiger partial charge in [0.1, 0.15) is 0 Å². The van der Waals surface area contributed by atoms with Crippen LogP contribution in [0.1, 0.15) is 32.3 Å². The van der Waals surface area contributed by atoms with Crippen LogP contribution in [-0.2, 0) is 5.41 Å². The van der Waals surface area contributed by atoms with Gasteiger partial charge in [0.15, 0.2) is 0 Å². The first-order chi connectivity index (χ1) is 6.62. The van der Waals surface area contributed by atoms with Crippen LogP contribution in [0.2, 0.25) is 5.02 Å². The van der Waals surface area contributed by atoms with Crippen molar-refractivity contribution in [3.05, 3.63) is 34.9 Å². The van der Waals surface area contributed by atoms with Crippen LogP contribution in [0, 0.1) is 11.3 Å². The molecule has 1 aromatic carbocycles. The molecule has 1 rings (SSSR count). The highest BCUT2D eigenvalue weighted by molar-refractivity contribution is 6.30. The summed E-state index contributed by atoms with van der Waals surface area (Å²) in [6, 6.07) is 9.91. The number of rotatable bonds is 3. The minimum atomic E-state index is -0.376. The summed E-state index contributed by atoms with van der Waals surface area (Å²) >= 11 is 5.80. The van der Waals surface area contributed by atoms with Crippen molar-refractivity contribution in [2.24, 2.45) is 0 Å². The van der Waals surface area contributed by atoms with E-state index in [1.807, 2.05) is 31.2 Å². The Morgan fingerprint density at radius 3 is 2.36 bits per heavy atom. The topological polar surface area (TPSA) is 23.8 Å². The molecular weight excluding hydrogens is 194 g/mol. The van der Waals surface area contributed by atoms with Crippen LogP contribution in [0.25, 0.3) is 0 Å². The molecule has 1 unspecified atom stereocenters. The highest BCUT2D eigenvalue weighted by atomic mass is 35.5. The van der Waals surface area contributed by atoms with E-state index in [1.54, 1.807) is 0 Å². The number of benzene rings is 1. The van der Waals surface area contributed by atoms with Gasteiger partial charge in [0, 0.05) is 5.02 Å². The van der Waals surface area contributed by atoms with Crippen molar-refractivity contribution in [2.45, 2.75) is 32.1 Å². The van der Waals surface area contributed by atoms with Crippen LogP contribution in [0.4, 0.5) is 0 Å². The first kappa shape index (κ1) is 11.1. The second kappa shape index (κ2) is 4.48.